The van der Waals surface area contributed by atoms with Crippen molar-refractivity contribution in [2.24, 2.45) is 0 Å². The molecule has 1 saturated heterocycles. The minimum Gasteiger partial charge on any atom is -0.467 e. The molecule has 27 heavy (non-hydrogen) atoms. The van der Waals surface area contributed by atoms with E-state index in [2.05, 4.69) is 5.32 Å². The number of amides is 2. The van der Waals surface area contributed by atoms with Gasteiger partial charge in [0, 0.05) is 18.4 Å². The maximum Gasteiger partial charge on any atom is 0.254 e. The van der Waals surface area contributed by atoms with Crippen molar-refractivity contribution in [3.05, 3.63) is 59.5 Å². The minimum atomic E-state index is -3.13. The highest BCUT2D eigenvalue weighted by Crippen LogP contribution is 2.21. The number of hydrogen-bond donors (Lipinski definition) is 1. The van der Waals surface area contributed by atoms with Crippen LogP contribution in [0.1, 0.15) is 34.5 Å². The summed E-state index contributed by atoms with van der Waals surface area (Å²) in [6, 6.07) is 9.50. The Morgan fingerprint density at radius 1 is 1.22 bits per heavy atom. The van der Waals surface area contributed by atoms with Crippen molar-refractivity contribution >= 4 is 21.7 Å². The van der Waals surface area contributed by atoms with Crippen LogP contribution in [0, 0.1) is 0 Å². The van der Waals surface area contributed by atoms with Crippen molar-refractivity contribution in [3.8, 4) is 0 Å². The predicted octanol–water partition coefficient (Wildman–Crippen LogP) is 1.75. The molecule has 1 aromatic heterocycles. The molecule has 2 amide bonds. The number of carbonyl (C=O) groups is 2. The molecule has 1 unspecified atom stereocenters. The molecule has 0 bridgehead atoms. The Hall–Kier alpha value is -2.61. The van der Waals surface area contributed by atoms with Gasteiger partial charge in [0.25, 0.3) is 5.91 Å². The highest BCUT2D eigenvalue weighted by molar-refractivity contribution is 7.89. The predicted molar refractivity (Wildman–Crippen MR) is 99.6 cm³/mol. The second kappa shape index (κ2) is 7.96. The van der Waals surface area contributed by atoms with E-state index < -0.39 is 15.9 Å². The van der Waals surface area contributed by atoms with Gasteiger partial charge in [-0.25, -0.2) is 8.42 Å². The number of furan rings is 1. The van der Waals surface area contributed by atoms with Crippen LogP contribution in [0.4, 0.5) is 0 Å². The first-order valence-electron chi connectivity index (χ1n) is 8.71. The summed E-state index contributed by atoms with van der Waals surface area (Å²) in [4.78, 5) is 26.9. The van der Waals surface area contributed by atoms with Gasteiger partial charge in [-0.3, -0.25) is 9.59 Å². The minimum absolute atomic E-state index is 0.0665. The summed E-state index contributed by atoms with van der Waals surface area (Å²) in [5.41, 5.74) is 1.07. The lowest BCUT2D eigenvalue weighted by atomic mass is 10.1. The van der Waals surface area contributed by atoms with Gasteiger partial charge in [0.1, 0.15) is 11.8 Å². The molecule has 0 radical (unpaired) electrons. The van der Waals surface area contributed by atoms with Crippen molar-refractivity contribution in [2.75, 3.05) is 12.8 Å². The molecule has 1 N–H and O–H groups in total. The number of nitrogens with one attached hydrogen (secondary N) is 1. The molecular weight excluding hydrogens is 368 g/mol. The highest BCUT2D eigenvalue weighted by Gasteiger charge is 2.34. The third kappa shape index (κ3) is 4.97. The number of carbonyl (C=O) groups excluding carboxylic acids is 2. The molecule has 0 saturated carbocycles. The molecular formula is C19H22N2O5S. The van der Waals surface area contributed by atoms with Gasteiger partial charge in [-0.1, -0.05) is 12.1 Å². The average molecular weight is 390 g/mol. The summed E-state index contributed by atoms with van der Waals surface area (Å²) in [6.45, 7) is 0.799. The molecule has 0 spiro atoms. The Morgan fingerprint density at radius 3 is 2.59 bits per heavy atom. The monoisotopic (exact) mass is 390 g/mol. The van der Waals surface area contributed by atoms with Gasteiger partial charge in [-0.05, 0) is 42.7 Å². The van der Waals surface area contributed by atoms with E-state index in [0.717, 1.165) is 6.42 Å². The molecule has 1 atom stereocenters. The van der Waals surface area contributed by atoms with Crippen molar-refractivity contribution in [1.29, 1.82) is 0 Å². The van der Waals surface area contributed by atoms with Gasteiger partial charge < -0.3 is 14.6 Å². The Morgan fingerprint density at radius 2 is 1.96 bits per heavy atom. The van der Waals surface area contributed by atoms with Crippen LogP contribution in [-0.4, -0.2) is 44.0 Å². The summed E-state index contributed by atoms with van der Waals surface area (Å²) in [6.07, 6.45) is 4.08. The second-order valence-electron chi connectivity index (χ2n) is 6.72. The molecule has 1 aliphatic rings. The van der Waals surface area contributed by atoms with Crippen molar-refractivity contribution < 1.29 is 22.4 Å². The van der Waals surface area contributed by atoms with Gasteiger partial charge in [-0.2, -0.15) is 0 Å². The summed E-state index contributed by atoms with van der Waals surface area (Å²) < 4.78 is 27.9. The number of hydrogen-bond acceptors (Lipinski definition) is 5. The molecule has 1 fully saturated rings. The first-order valence-corrected chi connectivity index (χ1v) is 10.8. The average Bonchev–Trinajstić information content (AvgIpc) is 3.30. The maximum atomic E-state index is 12.8. The lowest BCUT2D eigenvalue weighted by molar-refractivity contribution is -0.125. The zero-order valence-electron chi connectivity index (χ0n) is 15.1. The van der Waals surface area contributed by atoms with Crippen LogP contribution in [0.3, 0.4) is 0 Å². The highest BCUT2D eigenvalue weighted by atomic mass is 32.2. The molecule has 8 heteroatoms. The largest absolute Gasteiger partial charge is 0.467 e. The SMILES string of the molecule is CS(=O)(=O)Cc1ccc(C(=O)N2CCCC2C(=O)NCc2ccco2)cc1. The molecule has 2 heterocycles. The Kier molecular flexibility index (Phi) is 5.65. The first kappa shape index (κ1) is 19.2. The zero-order valence-corrected chi connectivity index (χ0v) is 15.9. The van der Waals surface area contributed by atoms with Crippen LogP contribution in [-0.2, 0) is 26.9 Å². The van der Waals surface area contributed by atoms with Crippen LogP contribution >= 0.6 is 0 Å². The van der Waals surface area contributed by atoms with Crippen LogP contribution in [0.25, 0.3) is 0 Å². The second-order valence-corrected chi connectivity index (χ2v) is 8.86. The fourth-order valence-electron chi connectivity index (χ4n) is 3.20. The van der Waals surface area contributed by atoms with E-state index >= 15 is 0 Å². The molecule has 3 rings (SSSR count). The van der Waals surface area contributed by atoms with E-state index in [-0.39, 0.29) is 24.1 Å². The van der Waals surface area contributed by atoms with Gasteiger partial charge in [0.15, 0.2) is 9.84 Å². The summed E-state index contributed by atoms with van der Waals surface area (Å²) in [7, 11) is -3.13. The first-order chi connectivity index (χ1) is 12.8. The number of nitrogens with zero attached hydrogens (tertiary/aromatic N) is 1. The Bertz CT molecular complexity index is 904. The summed E-state index contributed by atoms with van der Waals surface area (Å²) >= 11 is 0. The lowest BCUT2D eigenvalue weighted by Crippen LogP contribution is -2.45. The lowest BCUT2D eigenvalue weighted by Gasteiger charge is -2.24. The van der Waals surface area contributed by atoms with Gasteiger partial charge >= 0.3 is 0 Å². The Balaban J connectivity index is 1.65. The third-order valence-corrected chi connectivity index (χ3v) is 5.32. The van der Waals surface area contributed by atoms with Crippen LogP contribution < -0.4 is 5.32 Å². The molecule has 1 aliphatic heterocycles. The summed E-state index contributed by atoms with van der Waals surface area (Å²) in [5.74, 6) is 0.159. The number of likely N-dealkylation sites (tertiary alicyclic amines) is 1. The topological polar surface area (TPSA) is 96.7 Å². The van der Waals surface area contributed by atoms with Crippen LogP contribution in [0.15, 0.2) is 47.1 Å². The number of sulfone groups is 1. The molecule has 7 nitrogen and oxygen atoms in total. The van der Waals surface area contributed by atoms with Gasteiger partial charge in [0.2, 0.25) is 5.91 Å². The fourth-order valence-corrected chi connectivity index (χ4v) is 4.00. The number of rotatable bonds is 6. The van der Waals surface area contributed by atoms with Gasteiger partial charge in [0.05, 0.1) is 18.6 Å². The van der Waals surface area contributed by atoms with E-state index in [1.165, 1.54) is 6.26 Å². The molecule has 0 aliphatic carbocycles. The van der Waals surface area contributed by atoms with E-state index in [1.54, 1.807) is 47.6 Å². The van der Waals surface area contributed by atoms with E-state index in [4.69, 9.17) is 4.42 Å². The maximum absolute atomic E-state index is 12.8. The van der Waals surface area contributed by atoms with Crippen molar-refractivity contribution in [3.63, 3.8) is 0 Å². The van der Waals surface area contributed by atoms with Crippen LogP contribution in [0.2, 0.25) is 0 Å². The third-order valence-electron chi connectivity index (χ3n) is 4.46. The number of benzene rings is 1. The normalized spacial score (nSPS) is 17.1. The summed E-state index contributed by atoms with van der Waals surface area (Å²) in [5, 5.41) is 2.80. The van der Waals surface area contributed by atoms with Crippen molar-refractivity contribution in [1.82, 2.24) is 10.2 Å². The molecule has 144 valence electrons. The Labute approximate surface area is 158 Å². The smallest absolute Gasteiger partial charge is 0.254 e. The van der Waals surface area contributed by atoms with Crippen LogP contribution in [0.5, 0.6) is 0 Å². The van der Waals surface area contributed by atoms with Gasteiger partial charge in [-0.15, -0.1) is 0 Å². The van der Waals surface area contributed by atoms with E-state index in [9.17, 15) is 18.0 Å². The van der Waals surface area contributed by atoms with E-state index in [0.29, 0.717) is 29.9 Å². The van der Waals surface area contributed by atoms with Crippen molar-refractivity contribution in [2.45, 2.75) is 31.2 Å². The zero-order chi connectivity index (χ0) is 19.4. The van der Waals surface area contributed by atoms with E-state index in [1.807, 2.05) is 0 Å². The standard InChI is InChI=1S/C19H22N2O5S/c1-27(24,25)13-14-6-8-15(9-7-14)19(23)21-10-2-5-17(21)18(22)20-12-16-4-3-11-26-16/h3-4,6-9,11,17H,2,5,10,12-13H2,1H3,(H,20,22). The quantitative estimate of drug-likeness (QED) is 0.810. The fraction of sp³-hybridized carbons (Fsp3) is 0.368. The molecule has 1 aromatic carbocycles. The molecule has 2 aromatic rings.